The Morgan fingerprint density at radius 3 is 1.31 bits per heavy atom. The highest BCUT2D eigenvalue weighted by atomic mass is 16.5. The number of aliphatic hydroxyl groups excluding tert-OH is 2. The normalized spacial score (nSPS) is 10.8. The van der Waals surface area contributed by atoms with E-state index in [1.165, 1.54) is 0 Å². The number of pyridine rings is 4. The number of nitrogens with zero attached hydrogens (tertiary/aromatic N) is 4. The Morgan fingerprint density at radius 1 is 0.594 bits per heavy atom. The lowest BCUT2D eigenvalue weighted by Crippen LogP contribution is -1.99. The van der Waals surface area contributed by atoms with Gasteiger partial charge in [0.1, 0.15) is 11.5 Å². The fourth-order valence-electron chi connectivity index (χ4n) is 3.24. The Morgan fingerprint density at radius 2 is 0.969 bits per heavy atom. The van der Waals surface area contributed by atoms with Gasteiger partial charge in [0.05, 0.1) is 61.6 Å². The van der Waals surface area contributed by atoms with E-state index in [1.54, 1.807) is 75.1 Å². The maximum atomic E-state index is 9.81. The zero-order valence-electron chi connectivity index (χ0n) is 17.7. The van der Waals surface area contributed by atoms with Crippen molar-refractivity contribution in [1.82, 2.24) is 19.9 Å². The number of hydrogen-bond acceptors (Lipinski definition) is 8. The SMILES string of the molecule is COc1ccnc(-c2cc(CO)cc(-c3cc(CO)cc(-c4cc(OC)ccn4)n3)n2)c1. The van der Waals surface area contributed by atoms with Crippen LogP contribution in [0.2, 0.25) is 0 Å². The topological polar surface area (TPSA) is 110 Å². The van der Waals surface area contributed by atoms with Crippen LogP contribution in [0.25, 0.3) is 34.2 Å². The van der Waals surface area contributed by atoms with E-state index in [2.05, 4.69) is 9.97 Å². The minimum Gasteiger partial charge on any atom is -0.497 e. The van der Waals surface area contributed by atoms with E-state index >= 15 is 0 Å². The molecule has 0 bridgehead atoms. The summed E-state index contributed by atoms with van der Waals surface area (Å²) in [7, 11) is 3.17. The van der Waals surface area contributed by atoms with Crippen molar-refractivity contribution in [2.24, 2.45) is 0 Å². The van der Waals surface area contributed by atoms with Gasteiger partial charge in [0.25, 0.3) is 0 Å². The molecule has 0 radical (unpaired) electrons. The van der Waals surface area contributed by atoms with Gasteiger partial charge in [-0.15, -0.1) is 0 Å². The van der Waals surface area contributed by atoms with Gasteiger partial charge in [0, 0.05) is 24.5 Å². The molecule has 0 fully saturated rings. The molecule has 4 rings (SSSR count). The molecule has 0 saturated carbocycles. The standard InChI is InChI=1S/C24H22N4O4/c1-31-17-3-5-25-19(11-17)21-7-15(13-29)9-23(27-21)24-10-16(14-30)8-22(28-24)20-12-18(32-2)4-6-26-20/h3-12,29-30H,13-14H2,1-2H3. The molecule has 8 nitrogen and oxygen atoms in total. The van der Waals surface area contributed by atoms with Crippen molar-refractivity contribution in [2.75, 3.05) is 14.2 Å². The van der Waals surface area contributed by atoms with Crippen molar-refractivity contribution < 1.29 is 19.7 Å². The minimum atomic E-state index is -0.170. The van der Waals surface area contributed by atoms with Crippen LogP contribution in [-0.4, -0.2) is 44.4 Å². The number of aromatic nitrogens is 4. The summed E-state index contributed by atoms with van der Waals surface area (Å²) in [5.74, 6) is 1.30. The van der Waals surface area contributed by atoms with Crippen molar-refractivity contribution in [3.05, 3.63) is 72.1 Å². The zero-order valence-corrected chi connectivity index (χ0v) is 17.7. The molecule has 0 saturated heterocycles. The lowest BCUT2D eigenvalue weighted by atomic mass is 10.1. The van der Waals surface area contributed by atoms with Crippen LogP contribution in [0.15, 0.2) is 60.9 Å². The van der Waals surface area contributed by atoms with Crippen LogP contribution in [0, 0.1) is 0 Å². The van der Waals surface area contributed by atoms with Gasteiger partial charge in [-0.1, -0.05) is 0 Å². The van der Waals surface area contributed by atoms with Crippen molar-refractivity contribution in [3.63, 3.8) is 0 Å². The van der Waals surface area contributed by atoms with E-state index in [0.29, 0.717) is 56.8 Å². The third-order valence-electron chi connectivity index (χ3n) is 4.86. The molecule has 32 heavy (non-hydrogen) atoms. The van der Waals surface area contributed by atoms with E-state index in [4.69, 9.17) is 19.4 Å². The van der Waals surface area contributed by atoms with E-state index in [-0.39, 0.29) is 13.2 Å². The molecule has 4 aromatic rings. The highest BCUT2D eigenvalue weighted by Gasteiger charge is 2.13. The summed E-state index contributed by atoms with van der Waals surface area (Å²) in [4.78, 5) is 18.2. The predicted molar refractivity (Wildman–Crippen MR) is 119 cm³/mol. The highest BCUT2D eigenvalue weighted by molar-refractivity contribution is 5.67. The lowest BCUT2D eigenvalue weighted by Gasteiger charge is -2.11. The maximum absolute atomic E-state index is 9.81. The van der Waals surface area contributed by atoms with Crippen molar-refractivity contribution in [2.45, 2.75) is 13.2 Å². The van der Waals surface area contributed by atoms with Gasteiger partial charge in [0.15, 0.2) is 0 Å². The van der Waals surface area contributed by atoms with Gasteiger partial charge < -0.3 is 19.7 Å². The monoisotopic (exact) mass is 430 g/mol. The van der Waals surface area contributed by atoms with Gasteiger partial charge in [-0.2, -0.15) is 0 Å². The first-order valence-corrected chi connectivity index (χ1v) is 9.88. The van der Waals surface area contributed by atoms with E-state index in [0.717, 1.165) is 0 Å². The van der Waals surface area contributed by atoms with Gasteiger partial charge in [-0.25, -0.2) is 9.97 Å². The fraction of sp³-hybridized carbons (Fsp3) is 0.167. The molecule has 0 amide bonds. The Hall–Kier alpha value is -3.88. The van der Waals surface area contributed by atoms with Crippen LogP contribution in [-0.2, 0) is 13.2 Å². The first-order valence-electron chi connectivity index (χ1n) is 9.88. The molecule has 0 atom stereocenters. The van der Waals surface area contributed by atoms with E-state index < -0.39 is 0 Å². The molecule has 2 N–H and O–H groups in total. The van der Waals surface area contributed by atoms with Gasteiger partial charge in [0.2, 0.25) is 0 Å². The average molecular weight is 430 g/mol. The van der Waals surface area contributed by atoms with E-state index in [9.17, 15) is 10.2 Å². The zero-order chi connectivity index (χ0) is 22.5. The number of rotatable bonds is 7. The molecule has 0 aromatic carbocycles. The van der Waals surface area contributed by atoms with Crippen LogP contribution < -0.4 is 9.47 Å². The predicted octanol–water partition coefficient (Wildman–Crippen LogP) is 3.27. The summed E-state index contributed by atoms with van der Waals surface area (Å²) < 4.78 is 10.6. The average Bonchev–Trinajstić information content (AvgIpc) is 2.88. The molecular weight excluding hydrogens is 408 g/mol. The molecular formula is C24H22N4O4. The Kier molecular flexibility index (Phi) is 6.34. The van der Waals surface area contributed by atoms with Crippen LogP contribution in [0.4, 0.5) is 0 Å². The molecule has 0 aliphatic heterocycles. The summed E-state index contributed by atoms with van der Waals surface area (Å²) in [5, 5.41) is 19.6. The summed E-state index contributed by atoms with van der Waals surface area (Å²) in [6, 6.07) is 14.1. The Balaban J connectivity index is 1.85. The molecule has 162 valence electrons. The molecule has 4 heterocycles. The van der Waals surface area contributed by atoms with Gasteiger partial charge >= 0.3 is 0 Å². The first kappa shape index (κ1) is 21.4. The quantitative estimate of drug-likeness (QED) is 0.460. The Labute approximate surface area is 185 Å². The number of methoxy groups -OCH3 is 2. The second-order valence-corrected chi connectivity index (χ2v) is 6.97. The molecule has 0 aliphatic rings. The number of aliphatic hydroxyl groups is 2. The molecule has 4 aromatic heterocycles. The van der Waals surface area contributed by atoms with Crippen LogP contribution in [0.1, 0.15) is 11.1 Å². The summed E-state index contributed by atoms with van der Waals surface area (Å²) in [5.41, 5.74) is 4.75. The van der Waals surface area contributed by atoms with Gasteiger partial charge in [-0.3, -0.25) is 9.97 Å². The number of hydrogen-bond donors (Lipinski definition) is 2. The highest BCUT2D eigenvalue weighted by Crippen LogP contribution is 2.28. The summed E-state index contributed by atoms with van der Waals surface area (Å²) >= 11 is 0. The van der Waals surface area contributed by atoms with Crippen molar-refractivity contribution in [1.29, 1.82) is 0 Å². The molecule has 0 unspecified atom stereocenters. The largest absolute Gasteiger partial charge is 0.497 e. The lowest BCUT2D eigenvalue weighted by molar-refractivity contribution is 0.281. The molecule has 0 aliphatic carbocycles. The Bertz CT molecular complexity index is 1150. The van der Waals surface area contributed by atoms with E-state index in [1.807, 2.05) is 0 Å². The van der Waals surface area contributed by atoms with Crippen LogP contribution in [0.5, 0.6) is 11.5 Å². The van der Waals surface area contributed by atoms with Gasteiger partial charge in [-0.05, 0) is 47.5 Å². The van der Waals surface area contributed by atoms with Crippen molar-refractivity contribution in [3.8, 4) is 45.7 Å². The second-order valence-electron chi connectivity index (χ2n) is 6.97. The summed E-state index contributed by atoms with van der Waals surface area (Å²) in [6.07, 6.45) is 3.27. The molecule has 0 spiro atoms. The van der Waals surface area contributed by atoms with Crippen LogP contribution >= 0.6 is 0 Å². The minimum absolute atomic E-state index is 0.170. The first-order chi connectivity index (χ1) is 15.6. The number of ether oxygens (including phenoxy) is 2. The van der Waals surface area contributed by atoms with Crippen LogP contribution in [0.3, 0.4) is 0 Å². The smallest absolute Gasteiger partial charge is 0.122 e. The third-order valence-corrected chi connectivity index (χ3v) is 4.86. The maximum Gasteiger partial charge on any atom is 0.122 e. The fourth-order valence-corrected chi connectivity index (χ4v) is 3.24. The second kappa shape index (κ2) is 9.51. The van der Waals surface area contributed by atoms with Crippen molar-refractivity contribution >= 4 is 0 Å². The molecule has 8 heteroatoms. The summed E-state index contributed by atoms with van der Waals surface area (Å²) in [6.45, 7) is -0.340. The third kappa shape index (κ3) is 4.56.